The van der Waals surface area contributed by atoms with E-state index in [1.54, 1.807) is 0 Å². The van der Waals surface area contributed by atoms with Crippen LogP contribution in [0.2, 0.25) is 0 Å². The Morgan fingerprint density at radius 1 is 1.13 bits per heavy atom. The van der Waals surface area contributed by atoms with Crippen LogP contribution in [0.25, 0.3) is 10.9 Å². The Hall–Kier alpha value is -1.99. The lowest BCUT2D eigenvalue weighted by Crippen LogP contribution is -2.35. The largest absolute Gasteiger partial charge is 0.474 e. The highest BCUT2D eigenvalue weighted by atomic mass is 16.5. The van der Waals surface area contributed by atoms with Crippen molar-refractivity contribution >= 4 is 16.9 Å². The van der Waals surface area contributed by atoms with Crippen molar-refractivity contribution in [2.75, 3.05) is 5.32 Å². The number of pyridine rings is 1. The molecule has 7 heteroatoms. The maximum Gasteiger partial charge on any atom is 0.224 e. The highest BCUT2D eigenvalue weighted by Gasteiger charge is 2.31. The Bertz CT molecular complexity index is 886. The van der Waals surface area contributed by atoms with E-state index in [0.29, 0.717) is 23.8 Å². The molecule has 31 heavy (non-hydrogen) atoms. The molecule has 2 aliphatic carbocycles. The highest BCUT2D eigenvalue weighted by molar-refractivity contribution is 5.86. The molecule has 3 N–H and O–H groups in total. The third kappa shape index (κ3) is 5.26. The van der Waals surface area contributed by atoms with Gasteiger partial charge in [-0.2, -0.15) is 0 Å². The summed E-state index contributed by atoms with van der Waals surface area (Å²) in [4.78, 5) is 14.1. The molecule has 2 saturated carbocycles. The number of hydrogen-bond acceptors (Lipinski definition) is 7. The maximum atomic E-state index is 10.2. The van der Waals surface area contributed by atoms with Crippen molar-refractivity contribution in [3.63, 3.8) is 0 Å². The summed E-state index contributed by atoms with van der Waals surface area (Å²) in [7, 11) is 0. The first kappa shape index (κ1) is 22.2. The van der Waals surface area contributed by atoms with Gasteiger partial charge in [0.05, 0.1) is 22.6 Å². The lowest BCUT2D eigenvalue weighted by molar-refractivity contribution is -0.0114. The van der Waals surface area contributed by atoms with Crippen LogP contribution in [-0.4, -0.2) is 49.0 Å². The fraction of sp³-hybridized carbons (Fsp3) is 0.708. The number of rotatable bonds is 6. The van der Waals surface area contributed by atoms with Gasteiger partial charge in [0.15, 0.2) is 0 Å². The second kappa shape index (κ2) is 9.25. The molecule has 0 spiro atoms. The zero-order valence-electron chi connectivity index (χ0n) is 19.0. The van der Waals surface area contributed by atoms with E-state index >= 15 is 0 Å². The van der Waals surface area contributed by atoms with Crippen LogP contribution in [0, 0.1) is 0 Å². The topological polar surface area (TPSA) is 100 Å². The third-order valence-corrected chi connectivity index (χ3v) is 7.03. The van der Waals surface area contributed by atoms with Crippen LogP contribution in [0.4, 0.5) is 5.95 Å². The average molecular weight is 429 g/mol. The predicted octanol–water partition coefficient (Wildman–Crippen LogP) is 4.33. The first-order chi connectivity index (χ1) is 14.8. The van der Waals surface area contributed by atoms with Crippen molar-refractivity contribution in [1.29, 1.82) is 0 Å². The summed E-state index contributed by atoms with van der Waals surface area (Å²) in [5.41, 5.74) is 1.43. The third-order valence-electron chi connectivity index (χ3n) is 7.03. The molecule has 0 aliphatic heterocycles. The summed E-state index contributed by atoms with van der Waals surface area (Å²) in [5, 5.41) is 24.4. The fourth-order valence-electron chi connectivity index (χ4n) is 4.68. The number of aliphatic hydroxyl groups excluding tert-OH is 1. The monoisotopic (exact) mass is 428 g/mol. The van der Waals surface area contributed by atoms with Gasteiger partial charge in [-0.25, -0.2) is 15.0 Å². The molecule has 2 aliphatic rings. The van der Waals surface area contributed by atoms with Crippen LogP contribution in [0.5, 0.6) is 5.88 Å². The molecule has 0 saturated heterocycles. The van der Waals surface area contributed by atoms with Crippen LogP contribution in [0.1, 0.15) is 90.0 Å². The Morgan fingerprint density at radius 3 is 2.52 bits per heavy atom. The molecule has 0 radical (unpaired) electrons. The first-order valence-electron chi connectivity index (χ1n) is 11.8. The molecular weight excluding hydrogens is 392 g/mol. The second-order valence-electron chi connectivity index (χ2n) is 9.75. The van der Waals surface area contributed by atoms with Crippen LogP contribution in [0.15, 0.2) is 12.4 Å². The van der Waals surface area contributed by atoms with Crippen molar-refractivity contribution in [1.82, 2.24) is 15.0 Å². The molecule has 2 aromatic heterocycles. The van der Waals surface area contributed by atoms with E-state index in [-0.39, 0.29) is 12.2 Å². The summed E-state index contributed by atoms with van der Waals surface area (Å²) in [6.07, 6.45) is 11.2. The normalized spacial score (nSPS) is 30.2. The number of nitrogens with zero attached hydrogens (tertiary/aromatic N) is 3. The predicted molar refractivity (Wildman–Crippen MR) is 121 cm³/mol. The molecular formula is C24H36N4O3. The lowest BCUT2D eigenvalue weighted by atomic mass is 9.82. The van der Waals surface area contributed by atoms with Crippen molar-refractivity contribution in [3.05, 3.63) is 18.0 Å². The van der Waals surface area contributed by atoms with Gasteiger partial charge in [0.2, 0.25) is 11.8 Å². The van der Waals surface area contributed by atoms with E-state index in [1.165, 1.54) is 0 Å². The van der Waals surface area contributed by atoms with Gasteiger partial charge in [0.1, 0.15) is 6.10 Å². The molecule has 1 atom stereocenters. The summed E-state index contributed by atoms with van der Waals surface area (Å²) < 4.78 is 6.30. The molecule has 0 bridgehead atoms. The standard InChI is InChI=1S/C24H36N4O3/c1-4-15(2)27-23-26-14-20-21(28-23)19(16-5-7-17(29)8-6-16)13-25-22(20)31-18-9-11-24(3,30)12-10-18/h13-18,29-30H,4-12H2,1-3H3,(H,26,27,28)/t15-,16-,17-,18-,24+/m0/s1. The van der Waals surface area contributed by atoms with Gasteiger partial charge < -0.3 is 20.3 Å². The lowest BCUT2D eigenvalue weighted by Gasteiger charge is -2.33. The van der Waals surface area contributed by atoms with Gasteiger partial charge in [-0.1, -0.05) is 6.92 Å². The van der Waals surface area contributed by atoms with Crippen LogP contribution >= 0.6 is 0 Å². The molecule has 7 nitrogen and oxygen atoms in total. The number of ether oxygens (including phenoxy) is 1. The van der Waals surface area contributed by atoms with E-state index in [9.17, 15) is 10.2 Å². The van der Waals surface area contributed by atoms with Crippen LogP contribution < -0.4 is 10.1 Å². The van der Waals surface area contributed by atoms with Gasteiger partial charge in [-0.15, -0.1) is 0 Å². The first-order valence-corrected chi connectivity index (χ1v) is 11.8. The Labute approximate surface area is 184 Å². The van der Waals surface area contributed by atoms with E-state index in [4.69, 9.17) is 14.7 Å². The fourth-order valence-corrected chi connectivity index (χ4v) is 4.68. The quantitative estimate of drug-likeness (QED) is 0.630. The minimum absolute atomic E-state index is 0.0458. The molecule has 0 aromatic carbocycles. The zero-order valence-corrected chi connectivity index (χ0v) is 19.0. The van der Waals surface area contributed by atoms with Gasteiger partial charge in [0, 0.05) is 24.0 Å². The Kier molecular flexibility index (Phi) is 6.63. The SMILES string of the molecule is CC[C@H](C)Nc1ncc2c(O[C@H]3CC[C@@](C)(O)CC3)ncc([C@H]3CC[C@H](O)CC3)c2n1. The van der Waals surface area contributed by atoms with Gasteiger partial charge in [-0.3, -0.25) is 0 Å². The summed E-state index contributed by atoms with van der Waals surface area (Å²) >= 11 is 0. The molecule has 0 amide bonds. The van der Waals surface area contributed by atoms with Crippen molar-refractivity contribution < 1.29 is 14.9 Å². The molecule has 2 fully saturated rings. The second-order valence-corrected chi connectivity index (χ2v) is 9.75. The number of fused-ring (bicyclic) bond motifs is 1. The van der Waals surface area contributed by atoms with Crippen LogP contribution in [0.3, 0.4) is 0 Å². The van der Waals surface area contributed by atoms with E-state index in [0.717, 1.165) is 74.3 Å². The number of anilines is 1. The van der Waals surface area contributed by atoms with E-state index in [1.807, 2.05) is 19.3 Å². The average Bonchev–Trinajstić information content (AvgIpc) is 2.76. The Morgan fingerprint density at radius 2 is 1.84 bits per heavy atom. The zero-order chi connectivity index (χ0) is 22.0. The molecule has 0 unspecified atom stereocenters. The Balaban J connectivity index is 1.65. The summed E-state index contributed by atoms with van der Waals surface area (Å²) in [6.45, 7) is 6.15. The van der Waals surface area contributed by atoms with Crippen molar-refractivity contribution in [3.8, 4) is 5.88 Å². The summed E-state index contributed by atoms with van der Waals surface area (Å²) in [6, 6.07) is 0.290. The van der Waals surface area contributed by atoms with Gasteiger partial charge in [0.25, 0.3) is 0 Å². The highest BCUT2D eigenvalue weighted by Crippen LogP contribution is 2.38. The smallest absolute Gasteiger partial charge is 0.224 e. The minimum atomic E-state index is -0.593. The van der Waals surface area contributed by atoms with Gasteiger partial charge >= 0.3 is 0 Å². The maximum absolute atomic E-state index is 10.2. The van der Waals surface area contributed by atoms with E-state index in [2.05, 4.69) is 24.1 Å². The number of aliphatic hydroxyl groups is 2. The van der Waals surface area contributed by atoms with E-state index < -0.39 is 5.60 Å². The minimum Gasteiger partial charge on any atom is -0.474 e. The molecule has 2 aromatic rings. The van der Waals surface area contributed by atoms with Gasteiger partial charge in [-0.05, 0) is 77.6 Å². The summed E-state index contributed by atoms with van der Waals surface area (Å²) in [5.74, 6) is 1.55. The van der Waals surface area contributed by atoms with Crippen molar-refractivity contribution in [2.45, 2.75) is 108 Å². The van der Waals surface area contributed by atoms with Crippen molar-refractivity contribution in [2.24, 2.45) is 0 Å². The molecule has 2 heterocycles. The molecule has 170 valence electrons. The van der Waals surface area contributed by atoms with Crippen LogP contribution in [-0.2, 0) is 0 Å². The number of nitrogens with one attached hydrogen (secondary N) is 1. The number of aromatic nitrogens is 3. The molecule has 4 rings (SSSR count). The number of hydrogen-bond donors (Lipinski definition) is 3.